The summed E-state index contributed by atoms with van der Waals surface area (Å²) in [5, 5.41) is 10.0. The predicted octanol–water partition coefficient (Wildman–Crippen LogP) is 1.57. The lowest BCUT2D eigenvalue weighted by Gasteiger charge is -2.28. The SMILES string of the molecule is CCOC(=O)[C@@H]1[C@@H]2[C@H]1N(C(=O)OCc1ccccc1)CC[C@@H]2O. The van der Waals surface area contributed by atoms with E-state index in [2.05, 4.69) is 0 Å². The van der Waals surface area contributed by atoms with Gasteiger partial charge in [0.25, 0.3) is 0 Å². The number of hydrogen-bond donors (Lipinski definition) is 1. The van der Waals surface area contributed by atoms with Crippen molar-refractivity contribution in [3.05, 3.63) is 35.9 Å². The minimum absolute atomic E-state index is 0.195. The Morgan fingerprint density at radius 2 is 2.00 bits per heavy atom. The Bertz CT molecular complexity index is 576. The van der Waals surface area contributed by atoms with Crippen LogP contribution in [0.2, 0.25) is 0 Å². The number of ether oxygens (including phenoxy) is 2. The molecule has 124 valence electrons. The zero-order valence-electron chi connectivity index (χ0n) is 13.1. The molecule has 1 saturated heterocycles. The van der Waals surface area contributed by atoms with Crippen LogP contribution in [0.25, 0.3) is 0 Å². The van der Waals surface area contributed by atoms with Crippen molar-refractivity contribution in [2.24, 2.45) is 11.8 Å². The fraction of sp³-hybridized carbons (Fsp3) is 0.529. The van der Waals surface area contributed by atoms with Crippen molar-refractivity contribution in [3.8, 4) is 0 Å². The molecule has 2 fully saturated rings. The van der Waals surface area contributed by atoms with E-state index in [0.717, 1.165) is 5.56 Å². The Labute approximate surface area is 135 Å². The van der Waals surface area contributed by atoms with E-state index in [1.54, 1.807) is 11.8 Å². The quantitative estimate of drug-likeness (QED) is 0.853. The van der Waals surface area contributed by atoms with Crippen molar-refractivity contribution in [3.63, 3.8) is 0 Å². The standard InChI is InChI=1S/C17H21NO5/c1-2-22-16(20)14-13-12(19)8-9-18(15(13)14)17(21)23-10-11-6-4-3-5-7-11/h3-7,12-15,19H,2,8-10H2,1H3/t12-,13+,14+,15+/m0/s1. The van der Waals surface area contributed by atoms with Crippen LogP contribution >= 0.6 is 0 Å². The Kier molecular flexibility index (Phi) is 4.52. The number of carbonyl (C=O) groups excluding carboxylic acids is 2. The first-order chi connectivity index (χ1) is 11.1. The van der Waals surface area contributed by atoms with Gasteiger partial charge in [0.05, 0.1) is 24.7 Å². The Morgan fingerprint density at radius 3 is 2.70 bits per heavy atom. The van der Waals surface area contributed by atoms with Gasteiger partial charge in [-0.15, -0.1) is 0 Å². The number of aliphatic hydroxyl groups excluding tert-OH is 1. The molecule has 6 heteroatoms. The second-order valence-electron chi connectivity index (χ2n) is 5.94. The van der Waals surface area contributed by atoms with Crippen LogP contribution in [-0.4, -0.2) is 47.4 Å². The second kappa shape index (κ2) is 6.58. The molecule has 3 rings (SSSR count). The normalized spacial score (nSPS) is 28.7. The summed E-state index contributed by atoms with van der Waals surface area (Å²) >= 11 is 0. The van der Waals surface area contributed by atoms with Gasteiger partial charge >= 0.3 is 12.1 Å². The molecule has 1 heterocycles. The van der Waals surface area contributed by atoms with Gasteiger partial charge in [0.2, 0.25) is 0 Å². The highest BCUT2D eigenvalue weighted by Crippen LogP contribution is 2.50. The number of aliphatic hydroxyl groups is 1. The number of hydrogen-bond acceptors (Lipinski definition) is 5. The lowest BCUT2D eigenvalue weighted by atomic mass is 10.1. The van der Waals surface area contributed by atoms with E-state index in [9.17, 15) is 14.7 Å². The fourth-order valence-corrected chi connectivity index (χ4v) is 3.35. The van der Waals surface area contributed by atoms with E-state index in [0.29, 0.717) is 19.6 Å². The average molecular weight is 319 g/mol. The molecule has 1 aliphatic heterocycles. The minimum Gasteiger partial charge on any atom is -0.466 e. The minimum atomic E-state index is -0.562. The molecule has 0 unspecified atom stereocenters. The average Bonchev–Trinajstić information content (AvgIpc) is 3.31. The maximum absolute atomic E-state index is 12.3. The first kappa shape index (κ1) is 15.8. The largest absolute Gasteiger partial charge is 0.466 e. The van der Waals surface area contributed by atoms with Gasteiger partial charge in [-0.3, -0.25) is 4.79 Å². The maximum atomic E-state index is 12.3. The van der Waals surface area contributed by atoms with Crippen LogP contribution < -0.4 is 0 Å². The van der Waals surface area contributed by atoms with Gasteiger partial charge in [0, 0.05) is 12.5 Å². The third kappa shape index (κ3) is 3.17. The summed E-state index contributed by atoms with van der Waals surface area (Å²) in [5.74, 6) is -1.01. The molecule has 0 aromatic heterocycles. The number of carbonyl (C=O) groups is 2. The maximum Gasteiger partial charge on any atom is 0.410 e. The summed E-state index contributed by atoms with van der Waals surface area (Å²) < 4.78 is 10.4. The summed E-state index contributed by atoms with van der Waals surface area (Å²) in [6.45, 7) is 2.63. The number of likely N-dealkylation sites (tertiary alicyclic amines) is 1. The molecule has 1 amide bonds. The number of amides is 1. The first-order valence-electron chi connectivity index (χ1n) is 7.95. The lowest BCUT2D eigenvalue weighted by Crippen LogP contribution is -2.42. The van der Waals surface area contributed by atoms with Gasteiger partial charge in [-0.25, -0.2) is 4.79 Å². The molecule has 1 N–H and O–H groups in total. The van der Waals surface area contributed by atoms with Crippen molar-refractivity contribution in [1.82, 2.24) is 4.90 Å². The molecular weight excluding hydrogens is 298 g/mol. The molecule has 6 nitrogen and oxygen atoms in total. The summed E-state index contributed by atoms with van der Waals surface area (Å²) in [5.41, 5.74) is 0.909. The molecule has 0 bridgehead atoms. The third-order valence-corrected chi connectivity index (χ3v) is 4.50. The van der Waals surface area contributed by atoms with Crippen LogP contribution in [0.4, 0.5) is 4.79 Å². The molecule has 1 saturated carbocycles. The number of piperidine rings is 1. The Morgan fingerprint density at radius 1 is 1.26 bits per heavy atom. The molecule has 1 aromatic rings. The number of rotatable bonds is 4. The molecule has 1 aromatic carbocycles. The molecule has 1 aliphatic carbocycles. The van der Waals surface area contributed by atoms with Crippen molar-refractivity contribution in [2.45, 2.75) is 32.1 Å². The monoisotopic (exact) mass is 319 g/mol. The zero-order valence-corrected chi connectivity index (χ0v) is 13.1. The summed E-state index contributed by atoms with van der Waals surface area (Å²) in [6.07, 6.45) is -0.549. The van der Waals surface area contributed by atoms with Crippen LogP contribution in [0, 0.1) is 11.8 Å². The molecule has 2 aliphatic rings. The van der Waals surface area contributed by atoms with Gasteiger partial charge < -0.3 is 19.5 Å². The third-order valence-electron chi connectivity index (χ3n) is 4.50. The van der Waals surface area contributed by atoms with Crippen LogP contribution in [0.3, 0.4) is 0 Å². The molecule has 0 radical (unpaired) electrons. The highest BCUT2D eigenvalue weighted by Gasteiger charge is 2.65. The molecule has 4 atom stereocenters. The van der Waals surface area contributed by atoms with E-state index < -0.39 is 18.1 Å². The van der Waals surface area contributed by atoms with Crippen LogP contribution in [0.5, 0.6) is 0 Å². The first-order valence-corrected chi connectivity index (χ1v) is 7.95. The summed E-state index contributed by atoms with van der Waals surface area (Å²) in [7, 11) is 0. The van der Waals surface area contributed by atoms with Crippen molar-refractivity contribution in [2.75, 3.05) is 13.2 Å². The van der Waals surface area contributed by atoms with Crippen molar-refractivity contribution < 1.29 is 24.2 Å². The Hall–Kier alpha value is -2.08. The van der Waals surface area contributed by atoms with Gasteiger partial charge in [-0.05, 0) is 18.9 Å². The summed E-state index contributed by atoms with van der Waals surface area (Å²) in [4.78, 5) is 25.8. The van der Waals surface area contributed by atoms with Gasteiger partial charge in [-0.2, -0.15) is 0 Å². The van der Waals surface area contributed by atoms with E-state index in [1.807, 2.05) is 30.3 Å². The number of nitrogens with zero attached hydrogens (tertiary/aromatic N) is 1. The van der Waals surface area contributed by atoms with Gasteiger partial charge in [0.1, 0.15) is 6.61 Å². The van der Waals surface area contributed by atoms with E-state index in [1.165, 1.54) is 0 Å². The highest BCUT2D eigenvalue weighted by atomic mass is 16.6. The van der Waals surface area contributed by atoms with Gasteiger partial charge in [-0.1, -0.05) is 30.3 Å². The smallest absolute Gasteiger partial charge is 0.410 e. The van der Waals surface area contributed by atoms with Gasteiger partial charge in [0.15, 0.2) is 0 Å². The highest BCUT2D eigenvalue weighted by molar-refractivity contribution is 5.80. The number of benzene rings is 1. The topological polar surface area (TPSA) is 76.1 Å². The van der Waals surface area contributed by atoms with Crippen LogP contribution in [-0.2, 0) is 20.9 Å². The summed E-state index contributed by atoms with van der Waals surface area (Å²) in [6, 6.07) is 9.13. The molecule has 0 spiro atoms. The van der Waals surface area contributed by atoms with Crippen molar-refractivity contribution in [1.29, 1.82) is 0 Å². The van der Waals surface area contributed by atoms with E-state index in [-0.39, 0.29) is 24.5 Å². The van der Waals surface area contributed by atoms with E-state index >= 15 is 0 Å². The molecular formula is C17H21NO5. The lowest BCUT2D eigenvalue weighted by molar-refractivity contribution is -0.145. The number of esters is 1. The van der Waals surface area contributed by atoms with Crippen molar-refractivity contribution >= 4 is 12.1 Å². The molecule has 23 heavy (non-hydrogen) atoms. The fourth-order valence-electron chi connectivity index (χ4n) is 3.35. The second-order valence-corrected chi connectivity index (χ2v) is 5.94. The number of fused-ring (bicyclic) bond motifs is 1. The van der Waals surface area contributed by atoms with E-state index in [4.69, 9.17) is 9.47 Å². The zero-order chi connectivity index (χ0) is 16.4. The Balaban J connectivity index is 1.61. The van der Waals surface area contributed by atoms with Crippen LogP contribution in [0.1, 0.15) is 18.9 Å². The predicted molar refractivity (Wildman–Crippen MR) is 81.4 cm³/mol. The van der Waals surface area contributed by atoms with Crippen LogP contribution in [0.15, 0.2) is 30.3 Å².